The van der Waals surface area contributed by atoms with Crippen molar-refractivity contribution in [3.8, 4) is 0 Å². The largest absolute Gasteiger partial charge is 0.466 e. The van der Waals surface area contributed by atoms with Crippen LogP contribution in [0.5, 0.6) is 0 Å². The van der Waals surface area contributed by atoms with Crippen molar-refractivity contribution in [1.82, 2.24) is 0 Å². The first-order chi connectivity index (χ1) is 12.6. The predicted molar refractivity (Wildman–Crippen MR) is 114 cm³/mol. The third-order valence-electron chi connectivity index (χ3n) is 5.35. The van der Waals surface area contributed by atoms with E-state index in [1.807, 2.05) is 32.0 Å². The average Bonchev–Trinajstić information content (AvgIpc) is 2.57. The van der Waals surface area contributed by atoms with Gasteiger partial charge in [-0.15, -0.1) is 0 Å². The van der Waals surface area contributed by atoms with Crippen molar-refractivity contribution in [3.63, 3.8) is 0 Å². The van der Waals surface area contributed by atoms with E-state index < -0.39 is 10.6 Å². The van der Waals surface area contributed by atoms with Gasteiger partial charge in [0.15, 0.2) is 0 Å². The molecule has 1 fully saturated rings. The lowest BCUT2D eigenvalue weighted by Gasteiger charge is -2.44. The quantitative estimate of drug-likeness (QED) is 0.470. The Labute approximate surface area is 164 Å². The molecule has 0 amide bonds. The third kappa shape index (κ3) is 5.53. The Morgan fingerprint density at radius 2 is 1.93 bits per heavy atom. The second-order valence-electron chi connectivity index (χ2n) is 7.87. The number of carbonyl (C=O) groups excluding carboxylic acids is 1. The summed E-state index contributed by atoms with van der Waals surface area (Å²) in [4.78, 5) is 14.2. The SMILES string of the molecule is CCOC(=O)CC(C)(C)c1ccc(N(CC)C2CCS(O)(O)CC2)c(N)c1. The number of rotatable bonds is 7. The number of ether oxygens (including phenoxy) is 1. The minimum absolute atomic E-state index is 0.207. The minimum atomic E-state index is -2.39. The Kier molecular flexibility index (Phi) is 7.05. The molecule has 0 saturated carbocycles. The summed E-state index contributed by atoms with van der Waals surface area (Å²) in [5.41, 5.74) is 8.69. The van der Waals surface area contributed by atoms with Crippen LogP contribution in [0, 0.1) is 0 Å². The highest BCUT2D eigenvalue weighted by atomic mass is 32.3. The molecule has 0 bridgehead atoms. The first kappa shape index (κ1) is 21.9. The molecule has 0 spiro atoms. The summed E-state index contributed by atoms with van der Waals surface area (Å²) in [6, 6.07) is 6.27. The van der Waals surface area contributed by atoms with Crippen LogP contribution in [0.1, 0.15) is 52.5 Å². The van der Waals surface area contributed by atoms with Gasteiger partial charge in [-0.25, -0.2) is 0 Å². The van der Waals surface area contributed by atoms with E-state index in [-0.39, 0.29) is 17.4 Å². The smallest absolute Gasteiger partial charge is 0.306 e. The molecule has 0 atom stereocenters. The van der Waals surface area contributed by atoms with E-state index in [0.29, 0.717) is 30.2 Å². The molecular formula is C20H34N2O4S. The predicted octanol–water partition coefficient (Wildman–Crippen LogP) is 4.24. The van der Waals surface area contributed by atoms with Crippen molar-refractivity contribution in [2.24, 2.45) is 0 Å². The van der Waals surface area contributed by atoms with Crippen LogP contribution in [-0.4, -0.2) is 45.8 Å². The zero-order chi connectivity index (χ0) is 20.2. The van der Waals surface area contributed by atoms with E-state index in [9.17, 15) is 13.9 Å². The van der Waals surface area contributed by atoms with E-state index in [4.69, 9.17) is 10.5 Å². The number of benzene rings is 1. The number of nitrogens with two attached hydrogens (primary N) is 1. The summed E-state index contributed by atoms with van der Waals surface area (Å²) in [6.07, 6.45) is 1.81. The Morgan fingerprint density at radius 3 is 2.44 bits per heavy atom. The molecule has 4 N–H and O–H groups in total. The summed E-state index contributed by atoms with van der Waals surface area (Å²) in [5.74, 6) is 0.707. The number of hydrogen-bond acceptors (Lipinski definition) is 6. The highest BCUT2D eigenvalue weighted by Crippen LogP contribution is 2.46. The van der Waals surface area contributed by atoms with Crippen LogP contribution in [0.4, 0.5) is 11.4 Å². The first-order valence-corrected chi connectivity index (χ1v) is 11.5. The third-order valence-corrected chi connectivity index (χ3v) is 7.13. The Bertz CT molecular complexity index is 653. The molecule has 154 valence electrons. The zero-order valence-electron chi connectivity index (χ0n) is 16.9. The number of nitrogen functional groups attached to an aromatic ring is 1. The highest BCUT2D eigenvalue weighted by Gasteiger charge is 2.30. The summed E-state index contributed by atoms with van der Waals surface area (Å²) in [5, 5.41) is 0. The Morgan fingerprint density at radius 1 is 1.30 bits per heavy atom. The molecule has 1 heterocycles. The molecule has 0 aromatic heterocycles. The molecule has 1 saturated heterocycles. The number of hydrogen-bond donors (Lipinski definition) is 3. The zero-order valence-corrected chi connectivity index (χ0v) is 17.7. The lowest BCUT2D eigenvalue weighted by atomic mass is 9.81. The molecule has 0 radical (unpaired) electrons. The van der Waals surface area contributed by atoms with Gasteiger partial charge in [0, 0.05) is 29.5 Å². The maximum atomic E-state index is 11.9. The van der Waals surface area contributed by atoms with Crippen LogP contribution in [0.3, 0.4) is 0 Å². The molecule has 1 aromatic rings. The summed E-state index contributed by atoms with van der Waals surface area (Å²) >= 11 is 0. The summed E-state index contributed by atoms with van der Waals surface area (Å²) < 4.78 is 24.8. The second kappa shape index (κ2) is 8.71. The van der Waals surface area contributed by atoms with Crippen molar-refractivity contribution < 1.29 is 18.6 Å². The van der Waals surface area contributed by atoms with E-state index in [2.05, 4.69) is 11.8 Å². The van der Waals surface area contributed by atoms with E-state index in [0.717, 1.165) is 30.6 Å². The number of nitrogens with zero attached hydrogens (tertiary/aromatic N) is 1. The lowest BCUT2D eigenvalue weighted by Crippen LogP contribution is -2.40. The van der Waals surface area contributed by atoms with Crippen LogP contribution in [-0.2, 0) is 14.9 Å². The van der Waals surface area contributed by atoms with Crippen LogP contribution in [0.2, 0.25) is 0 Å². The molecule has 0 unspecified atom stereocenters. The van der Waals surface area contributed by atoms with E-state index in [1.54, 1.807) is 6.92 Å². The topological polar surface area (TPSA) is 96.0 Å². The number of anilines is 2. The molecule has 27 heavy (non-hydrogen) atoms. The molecule has 6 nitrogen and oxygen atoms in total. The fourth-order valence-electron chi connectivity index (χ4n) is 3.74. The fraction of sp³-hybridized carbons (Fsp3) is 0.650. The molecule has 1 aromatic carbocycles. The summed E-state index contributed by atoms with van der Waals surface area (Å²) in [7, 11) is -2.39. The molecule has 7 heteroatoms. The van der Waals surface area contributed by atoms with Gasteiger partial charge >= 0.3 is 5.97 Å². The van der Waals surface area contributed by atoms with Gasteiger partial charge in [-0.05, 0) is 44.4 Å². The molecule has 2 rings (SSSR count). The molecule has 1 aliphatic rings. The number of carbonyl (C=O) groups is 1. The first-order valence-electron chi connectivity index (χ1n) is 9.65. The van der Waals surface area contributed by atoms with Crippen molar-refractivity contribution in [2.45, 2.75) is 58.4 Å². The van der Waals surface area contributed by atoms with Crippen LogP contribution in [0.15, 0.2) is 18.2 Å². The fourth-order valence-corrected chi connectivity index (χ4v) is 5.25. The van der Waals surface area contributed by atoms with Gasteiger partial charge in [-0.1, -0.05) is 19.9 Å². The van der Waals surface area contributed by atoms with Crippen molar-refractivity contribution in [2.75, 3.05) is 35.3 Å². The van der Waals surface area contributed by atoms with Crippen LogP contribution < -0.4 is 10.6 Å². The maximum absolute atomic E-state index is 11.9. The second-order valence-corrected chi connectivity index (χ2v) is 10.3. The van der Waals surface area contributed by atoms with E-state index in [1.165, 1.54) is 0 Å². The summed E-state index contributed by atoms with van der Waals surface area (Å²) in [6.45, 7) is 9.11. The van der Waals surface area contributed by atoms with Gasteiger partial charge in [0.05, 0.1) is 24.4 Å². The molecule has 0 aliphatic carbocycles. The van der Waals surface area contributed by atoms with Crippen molar-refractivity contribution in [3.05, 3.63) is 23.8 Å². The molecular weight excluding hydrogens is 364 g/mol. The monoisotopic (exact) mass is 398 g/mol. The highest BCUT2D eigenvalue weighted by molar-refractivity contribution is 8.24. The van der Waals surface area contributed by atoms with Crippen LogP contribution in [0.25, 0.3) is 0 Å². The van der Waals surface area contributed by atoms with Crippen LogP contribution >= 0.6 is 10.6 Å². The van der Waals surface area contributed by atoms with Crippen molar-refractivity contribution >= 4 is 27.9 Å². The standard InChI is InChI=1S/C20H34N2O4S/c1-5-22(16-9-11-27(24,25)12-10-16)18-8-7-15(13-17(18)21)20(3,4)14-19(23)26-6-2/h7-8,13,16,24-25H,5-6,9-12,14,21H2,1-4H3. The van der Waals surface area contributed by atoms with Crippen molar-refractivity contribution in [1.29, 1.82) is 0 Å². The van der Waals surface area contributed by atoms with Gasteiger partial charge in [-0.2, -0.15) is 10.6 Å². The maximum Gasteiger partial charge on any atom is 0.306 e. The number of esters is 1. The van der Waals surface area contributed by atoms with Gasteiger partial charge in [0.1, 0.15) is 0 Å². The van der Waals surface area contributed by atoms with Gasteiger partial charge in [0.2, 0.25) is 0 Å². The van der Waals surface area contributed by atoms with Gasteiger partial charge in [0.25, 0.3) is 0 Å². The minimum Gasteiger partial charge on any atom is -0.466 e. The normalized spacial score (nSPS) is 18.7. The Balaban J connectivity index is 2.18. The Hall–Kier alpha value is -1.44. The molecule has 1 aliphatic heterocycles. The lowest BCUT2D eigenvalue weighted by molar-refractivity contribution is -0.144. The van der Waals surface area contributed by atoms with Gasteiger partial charge < -0.3 is 15.4 Å². The average molecular weight is 399 g/mol. The van der Waals surface area contributed by atoms with Gasteiger partial charge in [-0.3, -0.25) is 13.9 Å². The van der Waals surface area contributed by atoms with E-state index >= 15 is 0 Å².